The summed E-state index contributed by atoms with van der Waals surface area (Å²) in [5.74, 6) is -0.102. The summed E-state index contributed by atoms with van der Waals surface area (Å²) >= 11 is 0. The van der Waals surface area contributed by atoms with Crippen LogP contribution in [0.15, 0.2) is 42.5 Å². The summed E-state index contributed by atoms with van der Waals surface area (Å²) in [4.78, 5) is 12.4. The molecule has 0 aliphatic heterocycles. The third-order valence-electron chi connectivity index (χ3n) is 3.40. The quantitative estimate of drug-likeness (QED) is 0.648. The Hall–Kier alpha value is -2.29. The molecule has 0 bridgehead atoms. The summed E-state index contributed by atoms with van der Waals surface area (Å²) in [5, 5.41) is 0. The first kappa shape index (κ1) is 14.1. The Morgan fingerprint density at radius 1 is 0.950 bits per heavy atom. The highest BCUT2D eigenvalue weighted by molar-refractivity contribution is 6.13. The van der Waals surface area contributed by atoms with Crippen LogP contribution in [0.5, 0.6) is 0 Å². The van der Waals surface area contributed by atoms with E-state index in [0.29, 0.717) is 22.5 Å². The Labute approximate surface area is 119 Å². The fourth-order valence-corrected chi connectivity index (χ4v) is 2.06. The van der Waals surface area contributed by atoms with Crippen molar-refractivity contribution >= 4 is 17.2 Å². The lowest BCUT2D eigenvalue weighted by atomic mass is 9.86. The van der Waals surface area contributed by atoms with Crippen molar-refractivity contribution in [2.24, 2.45) is 0 Å². The Morgan fingerprint density at radius 3 is 2.10 bits per heavy atom. The van der Waals surface area contributed by atoms with Crippen LogP contribution >= 0.6 is 0 Å². The van der Waals surface area contributed by atoms with Crippen LogP contribution in [0.1, 0.15) is 42.3 Å². The Kier molecular flexibility index (Phi) is 3.53. The molecule has 0 fully saturated rings. The van der Waals surface area contributed by atoms with E-state index in [1.807, 2.05) is 24.3 Å². The van der Waals surface area contributed by atoms with E-state index in [0.717, 1.165) is 0 Å². The molecular weight excluding hydrogens is 248 g/mol. The number of hydrogen-bond acceptors (Lipinski definition) is 3. The fraction of sp³-hybridized carbons (Fsp3) is 0.235. The number of hydrogen-bond donors (Lipinski definition) is 2. The van der Waals surface area contributed by atoms with Crippen LogP contribution in [0.4, 0.5) is 11.4 Å². The molecule has 0 spiro atoms. The molecule has 2 aromatic carbocycles. The van der Waals surface area contributed by atoms with Gasteiger partial charge in [0, 0.05) is 11.1 Å². The molecule has 2 rings (SSSR count). The van der Waals surface area contributed by atoms with Gasteiger partial charge in [0.05, 0.1) is 11.4 Å². The van der Waals surface area contributed by atoms with Crippen molar-refractivity contribution in [3.05, 3.63) is 59.2 Å². The van der Waals surface area contributed by atoms with E-state index < -0.39 is 0 Å². The molecule has 20 heavy (non-hydrogen) atoms. The van der Waals surface area contributed by atoms with Crippen LogP contribution in [0.25, 0.3) is 0 Å². The number of anilines is 2. The standard InChI is InChI=1S/C17H20N2O/c1-17(2,3)12-9-7-11(8-10-12)16(20)13-5-4-6-14(18)15(13)19/h4-10H,18-19H2,1-3H3. The van der Waals surface area contributed by atoms with Crippen LogP contribution in [0.2, 0.25) is 0 Å². The highest BCUT2D eigenvalue weighted by atomic mass is 16.1. The summed E-state index contributed by atoms with van der Waals surface area (Å²) in [6.07, 6.45) is 0. The Morgan fingerprint density at radius 2 is 1.55 bits per heavy atom. The van der Waals surface area contributed by atoms with E-state index in [4.69, 9.17) is 11.5 Å². The normalized spacial score (nSPS) is 11.3. The predicted molar refractivity (Wildman–Crippen MR) is 83.8 cm³/mol. The first-order valence-electron chi connectivity index (χ1n) is 6.60. The molecule has 0 radical (unpaired) electrons. The summed E-state index contributed by atoms with van der Waals surface area (Å²) in [7, 11) is 0. The Bertz CT molecular complexity index is 637. The second-order valence-electron chi connectivity index (χ2n) is 5.96. The smallest absolute Gasteiger partial charge is 0.195 e. The SMILES string of the molecule is CC(C)(C)c1ccc(C(=O)c2cccc(N)c2N)cc1. The molecule has 2 aromatic rings. The highest BCUT2D eigenvalue weighted by Gasteiger charge is 2.16. The zero-order chi connectivity index (χ0) is 14.9. The van der Waals surface area contributed by atoms with Crippen molar-refractivity contribution in [1.82, 2.24) is 0 Å². The predicted octanol–water partition coefficient (Wildman–Crippen LogP) is 3.38. The molecule has 0 saturated heterocycles. The van der Waals surface area contributed by atoms with Gasteiger partial charge in [-0.15, -0.1) is 0 Å². The molecule has 0 heterocycles. The van der Waals surface area contributed by atoms with E-state index in [2.05, 4.69) is 20.8 Å². The minimum atomic E-state index is -0.102. The van der Waals surface area contributed by atoms with Gasteiger partial charge in [-0.1, -0.05) is 51.1 Å². The highest BCUT2D eigenvalue weighted by Crippen LogP contribution is 2.25. The van der Waals surface area contributed by atoms with E-state index in [9.17, 15) is 4.79 Å². The monoisotopic (exact) mass is 268 g/mol. The van der Waals surface area contributed by atoms with Gasteiger partial charge in [0.2, 0.25) is 0 Å². The van der Waals surface area contributed by atoms with Gasteiger partial charge in [-0.05, 0) is 23.1 Å². The molecular formula is C17H20N2O. The molecule has 4 N–H and O–H groups in total. The maximum absolute atomic E-state index is 12.4. The van der Waals surface area contributed by atoms with Gasteiger partial charge in [0.25, 0.3) is 0 Å². The molecule has 0 saturated carbocycles. The number of nitrogens with two attached hydrogens (primary N) is 2. The van der Waals surface area contributed by atoms with Crippen molar-refractivity contribution in [2.75, 3.05) is 11.5 Å². The summed E-state index contributed by atoms with van der Waals surface area (Å²) in [5.41, 5.74) is 14.7. The van der Waals surface area contributed by atoms with Crippen molar-refractivity contribution in [2.45, 2.75) is 26.2 Å². The zero-order valence-electron chi connectivity index (χ0n) is 12.1. The number of para-hydroxylation sites is 1. The second kappa shape index (κ2) is 5.00. The second-order valence-corrected chi connectivity index (χ2v) is 5.96. The van der Waals surface area contributed by atoms with Gasteiger partial charge in [0.1, 0.15) is 0 Å². The van der Waals surface area contributed by atoms with Gasteiger partial charge in [-0.2, -0.15) is 0 Å². The lowest BCUT2D eigenvalue weighted by molar-refractivity contribution is 0.103. The molecule has 0 aromatic heterocycles. The third-order valence-corrected chi connectivity index (χ3v) is 3.40. The molecule has 3 heteroatoms. The molecule has 0 aliphatic rings. The maximum Gasteiger partial charge on any atom is 0.195 e. The summed E-state index contributed by atoms with van der Waals surface area (Å²) in [6, 6.07) is 12.8. The zero-order valence-corrected chi connectivity index (χ0v) is 12.1. The molecule has 104 valence electrons. The molecule has 0 aliphatic carbocycles. The lowest BCUT2D eigenvalue weighted by Gasteiger charge is -2.19. The number of nitrogen functional groups attached to an aromatic ring is 2. The largest absolute Gasteiger partial charge is 0.397 e. The molecule has 0 unspecified atom stereocenters. The topological polar surface area (TPSA) is 69.1 Å². The summed E-state index contributed by atoms with van der Waals surface area (Å²) in [6.45, 7) is 6.42. The maximum atomic E-state index is 12.4. The lowest BCUT2D eigenvalue weighted by Crippen LogP contribution is -2.12. The third kappa shape index (κ3) is 2.67. The first-order chi connectivity index (χ1) is 9.30. The van der Waals surface area contributed by atoms with Gasteiger partial charge >= 0.3 is 0 Å². The van der Waals surface area contributed by atoms with E-state index in [-0.39, 0.29) is 11.2 Å². The number of carbonyl (C=O) groups excluding carboxylic acids is 1. The summed E-state index contributed by atoms with van der Waals surface area (Å²) < 4.78 is 0. The molecule has 0 amide bonds. The van der Waals surface area contributed by atoms with Crippen LogP contribution in [-0.2, 0) is 5.41 Å². The minimum Gasteiger partial charge on any atom is -0.397 e. The van der Waals surface area contributed by atoms with E-state index >= 15 is 0 Å². The van der Waals surface area contributed by atoms with E-state index in [1.165, 1.54) is 5.56 Å². The Balaban J connectivity index is 2.37. The van der Waals surface area contributed by atoms with Gasteiger partial charge in [-0.25, -0.2) is 0 Å². The average Bonchev–Trinajstić information content (AvgIpc) is 2.40. The van der Waals surface area contributed by atoms with Crippen molar-refractivity contribution in [3.8, 4) is 0 Å². The van der Waals surface area contributed by atoms with Crippen LogP contribution in [-0.4, -0.2) is 5.78 Å². The van der Waals surface area contributed by atoms with Crippen LogP contribution < -0.4 is 11.5 Å². The number of carbonyl (C=O) groups is 1. The first-order valence-corrected chi connectivity index (χ1v) is 6.60. The average molecular weight is 268 g/mol. The van der Waals surface area contributed by atoms with Crippen molar-refractivity contribution in [3.63, 3.8) is 0 Å². The van der Waals surface area contributed by atoms with Crippen LogP contribution in [0, 0.1) is 0 Å². The van der Waals surface area contributed by atoms with Crippen LogP contribution in [0.3, 0.4) is 0 Å². The minimum absolute atomic E-state index is 0.0672. The van der Waals surface area contributed by atoms with Gasteiger partial charge in [0.15, 0.2) is 5.78 Å². The van der Waals surface area contributed by atoms with Gasteiger partial charge < -0.3 is 11.5 Å². The van der Waals surface area contributed by atoms with Crippen molar-refractivity contribution in [1.29, 1.82) is 0 Å². The van der Waals surface area contributed by atoms with Gasteiger partial charge in [-0.3, -0.25) is 4.79 Å². The molecule has 3 nitrogen and oxygen atoms in total. The molecule has 0 atom stereocenters. The number of ketones is 1. The number of benzene rings is 2. The fourth-order valence-electron chi connectivity index (χ4n) is 2.06. The van der Waals surface area contributed by atoms with Crippen molar-refractivity contribution < 1.29 is 4.79 Å². The number of rotatable bonds is 2. The van der Waals surface area contributed by atoms with E-state index in [1.54, 1.807) is 18.2 Å².